The van der Waals surface area contributed by atoms with Crippen molar-refractivity contribution in [2.45, 2.75) is 13.5 Å². The van der Waals surface area contributed by atoms with Crippen molar-refractivity contribution in [1.29, 1.82) is 0 Å². The molecule has 0 fully saturated rings. The summed E-state index contributed by atoms with van der Waals surface area (Å²) in [7, 11) is 0. The van der Waals surface area contributed by atoms with E-state index in [1.54, 1.807) is 12.1 Å². The second kappa shape index (κ2) is 9.38. The lowest BCUT2D eigenvalue weighted by molar-refractivity contribution is 0.0952. The van der Waals surface area contributed by atoms with Crippen LogP contribution in [0.1, 0.15) is 22.8 Å². The van der Waals surface area contributed by atoms with Gasteiger partial charge in [0.15, 0.2) is 0 Å². The molecule has 0 unspecified atom stereocenters. The predicted octanol–water partition coefficient (Wildman–Crippen LogP) is 6.54. The average Bonchev–Trinajstić information content (AvgIpc) is 2.79. The Morgan fingerprint density at radius 3 is 2.48 bits per heavy atom. The molecule has 4 nitrogen and oxygen atoms in total. The molecule has 0 spiro atoms. The van der Waals surface area contributed by atoms with E-state index in [1.807, 2.05) is 67.6 Å². The molecular weight excluding hydrogens is 431 g/mol. The van der Waals surface area contributed by atoms with Gasteiger partial charge in [0.1, 0.15) is 5.75 Å². The maximum absolute atomic E-state index is 13.1. The van der Waals surface area contributed by atoms with Gasteiger partial charge in [-0.1, -0.05) is 47.5 Å². The van der Waals surface area contributed by atoms with E-state index in [0.29, 0.717) is 28.8 Å². The van der Waals surface area contributed by atoms with Crippen LogP contribution in [-0.2, 0) is 6.54 Å². The van der Waals surface area contributed by atoms with Gasteiger partial charge in [-0.15, -0.1) is 0 Å². The zero-order valence-electron chi connectivity index (χ0n) is 16.9. The monoisotopic (exact) mass is 450 g/mol. The smallest absolute Gasteiger partial charge is 0.252 e. The number of halogens is 2. The van der Waals surface area contributed by atoms with E-state index in [4.69, 9.17) is 32.9 Å². The first-order chi connectivity index (χ1) is 15.0. The molecule has 1 N–H and O–H groups in total. The molecule has 0 atom stereocenters. The number of pyridine rings is 1. The maximum atomic E-state index is 13.1. The van der Waals surface area contributed by atoms with Crippen molar-refractivity contribution in [1.82, 2.24) is 10.3 Å². The number of carbonyl (C=O) groups excluding carboxylic acids is 1. The summed E-state index contributed by atoms with van der Waals surface area (Å²) in [5.74, 6) is 0.614. The van der Waals surface area contributed by atoms with Crippen LogP contribution in [0.25, 0.3) is 22.2 Å². The average molecular weight is 451 g/mol. The summed E-state index contributed by atoms with van der Waals surface area (Å²) in [6, 6.07) is 22.4. The zero-order valence-corrected chi connectivity index (χ0v) is 18.4. The van der Waals surface area contributed by atoms with Crippen LogP contribution >= 0.6 is 23.2 Å². The number of hydrogen-bond acceptors (Lipinski definition) is 3. The molecule has 0 saturated carbocycles. The number of aromatic nitrogens is 1. The Kier molecular flexibility index (Phi) is 6.40. The highest BCUT2D eigenvalue weighted by atomic mass is 35.5. The van der Waals surface area contributed by atoms with Crippen molar-refractivity contribution in [3.05, 3.63) is 94.0 Å². The minimum atomic E-state index is -0.183. The van der Waals surface area contributed by atoms with Gasteiger partial charge in [0.25, 0.3) is 5.91 Å². The topological polar surface area (TPSA) is 51.2 Å². The molecule has 4 rings (SSSR count). The summed E-state index contributed by atoms with van der Waals surface area (Å²) < 4.78 is 5.52. The van der Waals surface area contributed by atoms with E-state index in [9.17, 15) is 4.79 Å². The number of nitrogens with zero attached hydrogens (tertiary/aromatic N) is 1. The van der Waals surface area contributed by atoms with Crippen LogP contribution in [-0.4, -0.2) is 17.5 Å². The van der Waals surface area contributed by atoms with Crippen LogP contribution in [0, 0.1) is 0 Å². The number of amides is 1. The standard InChI is InChI=1S/C25H20Cl2N2O2/c1-2-31-18-10-8-17(9-11-18)24-14-20(19-5-3-4-6-23(19)29-24)25(30)28-15-16-7-12-21(26)22(27)13-16/h3-14H,2,15H2,1H3,(H,28,30). The highest BCUT2D eigenvalue weighted by Crippen LogP contribution is 2.27. The summed E-state index contributed by atoms with van der Waals surface area (Å²) in [6.07, 6.45) is 0. The third-order valence-corrected chi connectivity index (χ3v) is 5.60. The largest absolute Gasteiger partial charge is 0.494 e. The van der Waals surface area contributed by atoms with Gasteiger partial charge in [-0.25, -0.2) is 4.98 Å². The number of para-hydroxylation sites is 1. The maximum Gasteiger partial charge on any atom is 0.252 e. The summed E-state index contributed by atoms with van der Waals surface area (Å²) >= 11 is 12.1. The van der Waals surface area contributed by atoms with Crippen molar-refractivity contribution in [2.24, 2.45) is 0 Å². The minimum Gasteiger partial charge on any atom is -0.494 e. The quantitative estimate of drug-likeness (QED) is 0.362. The van der Waals surface area contributed by atoms with E-state index >= 15 is 0 Å². The Morgan fingerprint density at radius 1 is 0.968 bits per heavy atom. The van der Waals surface area contributed by atoms with Gasteiger partial charge < -0.3 is 10.1 Å². The number of fused-ring (bicyclic) bond motifs is 1. The highest BCUT2D eigenvalue weighted by Gasteiger charge is 2.14. The lowest BCUT2D eigenvalue weighted by Crippen LogP contribution is -2.23. The second-order valence-electron chi connectivity index (χ2n) is 6.96. The van der Waals surface area contributed by atoms with Crippen LogP contribution in [0.2, 0.25) is 10.0 Å². The molecule has 1 heterocycles. The molecular formula is C25H20Cl2N2O2. The van der Waals surface area contributed by atoms with Gasteiger partial charge in [0.2, 0.25) is 0 Å². The number of nitrogens with one attached hydrogen (secondary N) is 1. The van der Waals surface area contributed by atoms with Crippen molar-refractivity contribution in [2.75, 3.05) is 6.61 Å². The third-order valence-electron chi connectivity index (χ3n) is 4.86. The third kappa shape index (κ3) is 4.82. The lowest BCUT2D eigenvalue weighted by Gasteiger charge is -2.11. The molecule has 6 heteroatoms. The Labute approximate surface area is 190 Å². The molecule has 156 valence electrons. The molecule has 0 aliphatic heterocycles. The Bertz CT molecular complexity index is 1240. The van der Waals surface area contributed by atoms with Crippen LogP contribution < -0.4 is 10.1 Å². The van der Waals surface area contributed by atoms with Crippen molar-refractivity contribution in [3.8, 4) is 17.0 Å². The minimum absolute atomic E-state index is 0.183. The van der Waals surface area contributed by atoms with Gasteiger partial charge in [-0.2, -0.15) is 0 Å². The van der Waals surface area contributed by atoms with E-state index in [0.717, 1.165) is 33.5 Å². The first-order valence-electron chi connectivity index (χ1n) is 9.90. The summed E-state index contributed by atoms with van der Waals surface area (Å²) in [5.41, 5.74) is 3.82. The van der Waals surface area contributed by atoms with Crippen LogP contribution in [0.3, 0.4) is 0 Å². The molecule has 0 aliphatic carbocycles. The Balaban J connectivity index is 1.65. The molecule has 1 aromatic heterocycles. The van der Waals surface area contributed by atoms with Gasteiger partial charge in [0.05, 0.1) is 33.4 Å². The summed E-state index contributed by atoms with van der Waals surface area (Å²) in [5, 5.41) is 4.71. The van der Waals surface area contributed by atoms with Gasteiger partial charge in [-0.05, 0) is 61.0 Å². The fourth-order valence-electron chi connectivity index (χ4n) is 3.33. The molecule has 31 heavy (non-hydrogen) atoms. The zero-order chi connectivity index (χ0) is 21.8. The normalized spacial score (nSPS) is 10.8. The number of hydrogen-bond donors (Lipinski definition) is 1. The Hall–Kier alpha value is -3.08. The van der Waals surface area contributed by atoms with E-state index in [-0.39, 0.29) is 5.91 Å². The fourth-order valence-corrected chi connectivity index (χ4v) is 3.65. The molecule has 4 aromatic rings. The van der Waals surface area contributed by atoms with E-state index in [1.165, 1.54) is 0 Å². The number of benzene rings is 3. The fraction of sp³-hybridized carbons (Fsp3) is 0.120. The number of ether oxygens (including phenoxy) is 1. The van der Waals surface area contributed by atoms with E-state index in [2.05, 4.69) is 5.32 Å². The van der Waals surface area contributed by atoms with Gasteiger partial charge >= 0.3 is 0 Å². The van der Waals surface area contributed by atoms with Gasteiger partial charge in [0, 0.05) is 17.5 Å². The van der Waals surface area contributed by atoms with Crippen molar-refractivity contribution in [3.63, 3.8) is 0 Å². The SMILES string of the molecule is CCOc1ccc(-c2cc(C(=O)NCc3ccc(Cl)c(Cl)c3)c3ccccc3n2)cc1. The van der Waals surface area contributed by atoms with Crippen LogP contribution in [0.5, 0.6) is 5.75 Å². The number of carbonyl (C=O) groups is 1. The molecule has 0 saturated heterocycles. The summed E-state index contributed by atoms with van der Waals surface area (Å²) in [6.45, 7) is 2.89. The van der Waals surface area contributed by atoms with E-state index < -0.39 is 0 Å². The van der Waals surface area contributed by atoms with Gasteiger partial charge in [-0.3, -0.25) is 4.79 Å². The van der Waals surface area contributed by atoms with Crippen LogP contribution in [0.15, 0.2) is 72.8 Å². The lowest BCUT2D eigenvalue weighted by atomic mass is 10.0. The summed E-state index contributed by atoms with van der Waals surface area (Å²) in [4.78, 5) is 17.8. The molecule has 0 aliphatic rings. The highest BCUT2D eigenvalue weighted by molar-refractivity contribution is 6.42. The first-order valence-corrected chi connectivity index (χ1v) is 10.7. The predicted molar refractivity (Wildman–Crippen MR) is 126 cm³/mol. The van der Waals surface area contributed by atoms with Crippen LogP contribution in [0.4, 0.5) is 0 Å². The molecule has 0 radical (unpaired) electrons. The molecule has 0 bridgehead atoms. The Morgan fingerprint density at radius 2 is 1.74 bits per heavy atom. The molecule has 1 amide bonds. The van der Waals surface area contributed by atoms with Crippen molar-refractivity contribution >= 4 is 40.0 Å². The first kappa shape index (κ1) is 21.2. The van der Waals surface area contributed by atoms with Crippen molar-refractivity contribution < 1.29 is 9.53 Å². The second-order valence-corrected chi connectivity index (χ2v) is 7.78. The number of rotatable bonds is 6. The molecule has 3 aromatic carbocycles.